The fraction of sp³-hybridized carbons (Fsp3) is 0.363. The Labute approximate surface area is 746 Å². The van der Waals surface area contributed by atoms with Crippen LogP contribution in [-0.2, 0) is 6.42 Å². The SMILES string of the molecule is CCCCCCN(CCCCCC)c1ccc2c3c(cccc13)C(=O)C(c1ccc(Oc3cc4c5c(ccc6c7c(Oc8ccc(C9CCC(=O)c%10ccc(N(CCCCCC)CCCCCC)c%11cccc(c%10%11)C9=O)cc8)cc8c9c(ccc(c3c56)c97)C(=O)N(c3c(C(C)C)cccc3C(C)C)C8=O)C(=O)N(c3c(CC)cccc3C(C)C)C4=O)cc1)CCC2=O. The molecule has 0 saturated heterocycles. The van der Waals surface area contributed by atoms with Crippen LogP contribution in [0.4, 0.5) is 22.7 Å². The topological polar surface area (TPSA) is 168 Å². The van der Waals surface area contributed by atoms with Crippen LogP contribution in [0.2, 0.25) is 0 Å². The number of unbranched alkanes of at least 4 members (excludes halogenated alkanes) is 12. The summed E-state index contributed by atoms with van der Waals surface area (Å²) in [6.07, 6.45) is 19.3. The van der Waals surface area contributed by atoms with Gasteiger partial charge in [0.15, 0.2) is 23.1 Å². The molecule has 2 unspecified atom stereocenters. The van der Waals surface area contributed by atoms with E-state index >= 15 is 28.8 Å². The zero-order chi connectivity index (χ0) is 88.7. The first-order valence-electron chi connectivity index (χ1n) is 47.3. The van der Waals surface area contributed by atoms with Gasteiger partial charge in [0.25, 0.3) is 23.6 Å². The van der Waals surface area contributed by atoms with Gasteiger partial charge in [-0.1, -0.05) is 262 Å². The monoisotopic (exact) mass is 1690 g/mol. The fourth-order valence-corrected chi connectivity index (χ4v) is 21.1. The van der Waals surface area contributed by atoms with Crippen LogP contribution in [-0.4, -0.2) is 72.9 Å². The molecule has 0 spiro atoms. The van der Waals surface area contributed by atoms with Gasteiger partial charge in [0.2, 0.25) is 0 Å². The summed E-state index contributed by atoms with van der Waals surface area (Å²) in [5.41, 5.74) is 11.1. The lowest BCUT2D eigenvalue weighted by Gasteiger charge is -2.34. The van der Waals surface area contributed by atoms with Crippen molar-refractivity contribution in [3.8, 4) is 23.0 Å². The van der Waals surface area contributed by atoms with Crippen LogP contribution in [0.15, 0.2) is 182 Å². The van der Waals surface area contributed by atoms with E-state index in [1.165, 1.54) is 9.80 Å². The van der Waals surface area contributed by atoms with Gasteiger partial charge >= 0.3 is 0 Å². The molecule has 13 aromatic rings. The Bertz CT molecular complexity index is 6480. The molecule has 4 amide bonds. The number of carbonyl (C=O) groups is 8. The average molecular weight is 1690 g/mol. The molecule has 2 atom stereocenters. The number of hydrogen-bond donors (Lipinski definition) is 0. The number of imide groups is 2. The first-order chi connectivity index (χ1) is 61.7. The summed E-state index contributed by atoms with van der Waals surface area (Å²) >= 11 is 0. The van der Waals surface area contributed by atoms with E-state index in [-0.39, 0.29) is 100 Å². The van der Waals surface area contributed by atoms with E-state index in [4.69, 9.17) is 9.47 Å². The van der Waals surface area contributed by atoms with Gasteiger partial charge in [-0.3, -0.25) is 38.4 Å². The predicted octanol–water partition coefficient (Wildman–Crippen LogP) is 29.0. The van der Waals surface area contributed by atoms with Crippen molar-refractivity contribution in [1.29, 1.82) is 0 Å². The van der Waals surface area contributed by atoms with Crippen molar-refractivity contribution in [1.82, 2.24) is 0 Å². The Morgan fingerprint density at radius 3 is 1.06 bits per heavy atom. The van der Waals surface area contributed by atoms with Gasteiger partial charge in [0, 0.05) is 149 Å². The summed E-state index contributed by atoms with van der Waals surface area (Å²) in [6, 6.07) is 57.5. The quantitative estimate of drug-likeness (QED) is 0.0162. The Morgan fingerprint density at radius 1 is 0.323 bits per heavy atom. The maximum Gasteiger partial charge on any atom is 0.266 e. The van der Waals surface area contributed by atoms with Crippen molar-refractivity contribution in [2.75, 3.05) is 45.8 Å². The molecule has 14 nitrogen and oxygen atoms in total. The van der Waals surface area contributed by atoms with Gasteiger partial charge in [-0.05, 0) is 180 Å². The van der Waals surface area contributed by atoms with E-state index in [0.29, 0.717) is 117 Å². The van der Waals surface area contributed by atoms with Crippen LogP contribution in [0.5, 0.6) is 23.0 Å². The molecule has 0 bridgehead atoms. The number of anilines is 4. The number of rotatable bonds is 34. The summed E-state index contributed by atoms with van der Waals surface area (Å²) < 4.78 is 14.8. The van der Waals surface area contributed by atoms with Gasteiger partial charge in [0.05, 0.1) is 22.5 Å². The molecule has 0 saturated carbocycles. The number of carbonyl (C=O) groups excluding carboxylic acids is 8. The van der Waals surface area contributed by atoms with E-state index < -0.39 is 35.5 Å². The number of fused-ring (bicyclic) bond motifs is 2. The summed E-state index contributed by atoms with van der Waals surface area (Å²) in [4.78, 5) is 133. The molecule has 2 aliphatic heterocycles. The molecule has 4 aliphatic rings. The molecule has 2 heterocycles. The van der Waals surface area contributed by atoms with Crippen molar-refractivity contribution in [2.24, 2.45) is 0 Å². The van der Waals surface area contributed by atoms with E-state index in [0.717, 1.165) is 173 Å². The van der Waals surface area contributed by atoms with Gasteiger partial charge in [-0.25, -0.2) is 9.80 Å². The lowest BCUT2D eigenvalue weighted by molar-refractivity contribution is 0.0877. The minimum absolute atomic E-state index is 0.0112. The number of hydrogen-bond acceptors (Lipinski definition) is 12. The second-order valence-electron chi connectivity index (χ2n) is 36.8. The molecule has 650 valence electrons. The number of benzene rings is 13. The normalized spacial score (nSPS) is 15.4. The molecule has 0 aromatic heterocycles. The van der Waals surface area contributed by atoms with E-state index in [1.54, 1.807) is 24.3 Å². The van der Waals surface area contributed by atoms with Crippen molar-refractivity contribution in [3.63, 3.8) is 0 Å². The number of para-hydroxylation sites is 2. The highest BCUT2D eigenvalue weighted by molar-refractivity contribution is 6.47. The summed E-state index contributed by atoms with van der Waals surface area (Å²) in [7, 11) is 0. The number of ether oxygens (including phenoxy) is 2. The number of nitrogens with zero attached hydrogens (tertiary/aromatic N) is 4. The number of Topliss-reactive ketones (excluding diaryl/α,β-unsaturated/α-hetero) is 4. The highest BCUT2D eigenvalue weighted by Crippen LogP contribution is 2.56. The van der Waals surface area contributed by atoms with E-state index in [1.807, 2.05) is 140 Å². The molecule has 0 fully saturated rings. The molecule has 0 radical (unpaired) electrons. The highest BCUT2D eigenvalue weighted by Gasteiger charge is 2.44. The second kappa shape index (κ2) is 37.0. The van der Waals surface area contributed by atoms with Gasteiger partial charge in [-0.2, -0.15) is 0 Å². The second-order valence-corrected chi connectivity index (χ2v) is 36.8. The lowest BCUT2D eigenvalue weighted by Crippen LogP contribution is -2.42. The average Bonchev–Trinajstić information content (AvgIpc) is 0.675. The number of ketones is 4. The third-order valence-electron chi connectivity index (χ3n) is 27.7. The van der Waals surface area contributed by atoms with Crippen LogP contribution >= 0.6 is 0 Å². The lowest BCUT2D eigenvalue weighted by atomic mass is 9.80. The zero-order valence-corrected chi connectivity index (χ0v) is 75.8. The summed E-state index contributed by atoms with van der Waals surface area (Å²) in [5.74, 6) is -2.67. The van der Waals surface area contributed by atoms with Crippen LogP contribution in [0, 0.1) is 0 Å². The van der Waals surface area contributed by atoms with Crippen LogP contribution in [0.1, 0.15) is 350 Å². The molecule has 2 aliphatic carbocycles. The first kappa shape index (κ1) is 86.9. The van der Waals surface area contributed by atoms with Gasteiger partial charge in [-0.15, -0.1) is 0 Å². The summed E-state index contributed by atoms with van der Waals surface area (Å²) in [5, 5.41) is 7.15. The Balaban J connectivity index is 0.817. The van der Waals surface area contributed by atoms with Crippen LogP contribution in [0.3, 0.4) is 0 Å². The molecule has 14 heteroatoms. The van der Waals surface area contributed by atoms with Crippen molar-refractivity contribution in [2.45, 2.75) is 241 Å². The van der Waals surface area contributed by atoms with Gasteiger partial charge < -0.3 is 19.3 Å². The largest absolute Gasteiger partial charge is 0.457 e. The molecule has 17 rings (SSSR count). The molecular weight excluding hydrogens is 1570 g/mol. The Morgan fingerprint density at radius 2 is 0.677 bits per heavy atom. The molecule has 13 aromatic carbocycles. The van der Waals surface area contributed by atoms with Crippen molar-refractivity contribution >= 4 is 134 Å². The third kappa shape index (κ3) is 15.8. The minimum atomic E-state index is -0.686. The first-order valence-corrected chi connectivity index (χ1v) is 47.3. The molecule has 0 N–H and O–H groups in total. The number of amides is 4. The molecule has 127 heavy (non-hydrogen) atoms. The maximum absolute atomic E-state index is 16.5. The van der Waals surface area contributed by atoms with Crippen LogP contribution in [0.25, 0.3) is 64.6 Å². The standard InChI is InChI=1S/C113H118N4O10/c1-12-17-21-25-61-114(62-26-22-18-13-2)92-57-53-82-94(118)59-55-78(108(120)86-39-31-37-80(92)98(82)86)71-41-45-73(46-42-71)126-96-65-90-100-88(110(122)116(112(90)124)106-70(16-5)33-29-34-75(106)67(6)7)51-49-84-103-97(66-91-101-89(52-50-85(105(101)103)102(96)104(84)100)111(123)117(113(91)125)107-76(68(8)9)35-30-36-77(107)69(10)11)127-74-47-43-72(44-48-74)79-56-60-95(119)83-54-58-93(81-38-32-40-87(99(81)83)109(79)121)115(63-27-23-19-14-3)64-28-24-20-15-4/h29-54,57-58,65-69,78-79H,12-28,55-56,59-64H2,1-11H3. The minimum Gasteiger partial charge on any atom is -0.457 e. The predicted molar refractivity (Wildman–Crippen MR) is 518 cm³/mol. The fourth-order valence-electron chi connectivity index (χ4n) is 21.1. The van der Waals surface area contributed by atoms with Crippen molar-refractivity contribution < 1.29 is 47.8 Å². The third-order valence-corrected chi connectivity index (χ3v) is 27.7. The number of aryl methyl sites for hydroxylation is 1. The smallest absolute Gasteiger partial charge is 0.266 e. The van der Waals surface area contributed by atoms with Crippen LogP contribution < -0.4 is 29.1 Å². The van der Waals surface area contributed by atoms with E-state index in [9.17, 15) is 9.59 Å². The zero-order valence-electron chi connectivity index (χ0n) is 75.8. The van der Waals surface area contributed by atoms with Gasteiger partial charge in [0.1, 0.15) is 23.0 Å². The maximum atomic E-state index is 16.5. The van der Waals surface area contributed by atoms with E-state index in [2.05, 4.69) is 103 Å². The highest BCUT2D eigenvalue weighted by atomic mass is 16.5. The Hall–Kier alpha value is -12.2. The molecular formula is C113H118N4O10. The Kier molecular flexibility index (Phi) is 25.4. The van der Waals surface area contributed by atoms with Crippen molar-refractivity contribution in [3.05, 3.63) is 260 Å². The summed E-state index contributed by atoms with van der Waals surface area (Å²) in [6.45, 7) is 26.8.